The Balaban J connectivity index is 2.08. The Kier molecular flexibility index (Phi) is 7.57. The number of carbonyl (C=O) groups excluding carboxylic acids is 1. The SMILES string of the molecule is CCCc1ccc([C@H](N[C@@H](C)C(=O)Nc2ccccc2C#N)C(C)C)cc1. The van der Waals surface area contributed by atoms with Crippen molar-refractivity contribution >= 4 is 11.6 Å². The van der Waals surface area contributed by atoms with E-state index in [1.165, 1.54) is 11.1 Å². The van der Waals surface area contributed by atoms with Gasteiger partial charge in [-0.2, -0.15) is 5.26 Å². The molecule has 0 aliphatic carbocycles. The van der Waals surface area contributed by atoms with Crippen LogP contribution in [0.1, 0.15) is 56.8 Å². The van der Waals surface area contributed by atoms with Gasteiger partial charge in [-0.3, -0.25) is 10.1 Å². The third-order valence-electron chi connectivity index (χ3n) is 4.67. The predicted octanol–water partition coefficient (Wildman–Crippen LogP) is 4.82. The van der Waals surface area contributed by atoms with Crippen LogP contribution in [0.15, 0.2) is 48.5 Å². The van der Waals surface area contributed by atoms with Gasteiger partial charge in [0.05, 0.1) is 17.3 Å². The number of hydrogen-bond donors (Lipinski definition) is 2. The van der Waals surface area contributed by atoms with Crippen LogP contribution >= 0.6 is 0 Å². The molecule has 4 heteroatoms. The summed E-state index contributed by atoms with van der Waals surface area (Å²) in [4.78, 5) is 12.6. The predicted molar refractivity (Wildman–Crippen MR) is 110 cm³/mol. The third-order valence-corrected chi connectivity index (χ3v) is 4.67. The number of nitriles is 1. The zero-order valence-corrected chi connectivity index (χ0v) is 16.6. The first kappa shape index (κ1) is 20.7. The summed E-state index contributed by atoms with van der Waals surface area (Å²) in [6, 6.07) is 17.5. The first-order valence-corrected chi connectivity index (χ1v) is 9.61. The average molecular weight is 364 g/mol. The highest BCUT2D eigenvalue weighted by atomic mass is 16.2. The van der Waals surface area contributed by atoms with Crippen molar-refractivity contribution in [2.75, 3.05) is 5.32 Å². The Bertz CT molecular complexity index is 790. The fraction of sp³-hybridized carbons (Fsp3) is 0.391. The summed E-state index contributed by atoms with van der Waals surface area (Å²) in [5.41, 5.74) is 3.53. The van der Waals surface area contributed by atoms with Crippen molar-refractivity contribution in [3.05, 3.63) is 65.2 Å². The molecule has 0 aromatic heterocycles. The lowest BCUT2D eigenvalue weighted by Crippen LogP contribution is -2.41. The van der Waals surface area contributed by atoms with Crippen LogP contribution in [0.2, 0.25) is 0 Å². The second kappa shape index (κ2) is 9.89. The van der Waals surface area contributed by atoms with Gasteiger partial charge in [-0.15, -0.1) is 0 Å². The summed E-state index contributed by atoms with van der Waals surface area (Å²) in [5.74, 6) is 0.189. The number of para-hydroxylation sites is 1. The van der Waals surface area contributed by atoms with E-state index in [-0.39, 0.29) is 18.0 Å². The number of rotatable bonds is 8. The Hall–Kier alpha value is -2.64. The minimum atomic E-state index is -0.389. The molecule has 2 atom stereocenters. The third kappa shape index (κ3) is 5.67. The molecule has 142 valence electrons. The minimum absolute atomic E-state index is 0.0765. The molecule has 2 rings (SSSR count). The van der Waals surface area contributed by atoms with Crippen LogP contribution in [0, 0.1) is 17.2 Å². The quantitative estimate of drug-likeness (QED) is 0.706. The maximum absolute atomic E-state index is 12.6. The zero-order valence-electron chi connectivity index (χ0n) is 16.6. The lowest BCUT2D eigenvalue weighted by molar-refractivity contribution is -0.118. The van der Waals surface area contributed by atoms with Crippen LogP contribution in [0.5, 0.6) is 0 Å². The van der Waals surface area contributed by atoms with Crippen molar-refractivity contribution in [1.29, 1.82) is 5.26 Å². The molecule has 27 heavy (non-hydrogen) atoms. The number of aryl methyl sites for hydroxylation is 1. The van der Waals surface area contributed by atoms with E-state index in [2.05, 4.69) is 61.7 Å². The number of nitrogens with one attached hydrogen (secondary N) is 2. The molecule has 0 fully saturated rings. The highest BCUT2D eigenvalue weighted by Crippen LogP contribution is 2.23. The van der Waals surface area contributed by atoms with Gasteiger partial charge in [-0.1, -0.05) is 63.6 Å². The fourth-order valence-electron chi connectivity index (χ4n) is 3.13. The summed E-state index contributed by atoms with van der Waals surface area (Å²) in [6.45, 7) is 8.32. The van der Waals surface area contributed by atoms with E-state index < -0.39 is 0 Å². The Labute approximate surface area is 162 Å². The van der Waals surface area contributed by atoms with Gasteiger partial charge < -0.3 is 5.32 Å². The van der Waals surface area contributed by atoms with Crippen LogP contribution in [0.4, 0.5) is 5.69 Å². The zero-order chi connectivity index (χ0) is 19.8. The molecule has 0 heterocycles. The van der Waals surface area contributed by atoms with Gasteiger partial charge >= 0.3 is 0 Å². The van der Waals surface area contributed by atoms with E-state index in [0.29, 0.717) is 17.2 Å². The lowest BCUT2D eigenvalue weighted by atomic mass is 9.94. The summed E-state index contributed by atoms with van der Waals surface area (Å²) in [5, 5.41) is 15.5. The number of carbonyl (C=O) groups is 1. The van der Waals surface area contributed by atoms with Crippen molar-refractivity contribution in [1.82, 2.24) is 5.32 Å². The number of anilines is 1. The summed E-state index contributed by atoms with van der Waals surface area (Å²) >= 11 is 0. The molecule has 0 unspecified atom stereocenters. The van der Waals surface area contributed by atoms with E-state index in [1.807, 2.05) is 13.0 Å². The van der Waals surface area contributed by atoms with Crippen LogP contribution in [0.3, 0.4) is 0 Å². The van der Waals surface area contributed by atoms with E-state index in [9.17, 15) is 10.1 Å². The van der Waals surface area contributed by atoms with Crippen molar-refractivity contribution in [3.8, 4) is 6.07 Å². The van der Waals surface area contributed by atoms with E-state index >= 15 is 0 Å². The maximum Gasteiger partial charge on any atom is 0.241 e. The minimum Gasteiger partial charge on any atom is -0.324 e. The van der Waals surface area contributed by atoms with Gasteiger partial charge in [0, 0.05) is 6.04 Å². The van der Waals surface area contributed by atoms with Gasteiger partial charge in [0.1, 0.15) is 6.07 Å². The smallest absolute Gasteiger partial charge is 0.241 e. The number of amides is 1. The first-order valence-electron chi connectivity index (χ1n) is 9.61. The van der Waals surface area contributed by atoms with Gasteiger partial charge in [-0.25, -0.2) is 0 Å². The van der Waals surface area contributed by atoms with Crippen molar-refractivity contribution in [2.45, 2.75) is 52.6 Å². The molecule has 2 N–H and O–H groups in total. The van der Waals surface area contributed by atoms with Gasteiger partial charge in [0.15, 0.2) is 0 Å². The number of hydrogen-bond acceptors (Lipinski definition) is 3. The van der Waals surface area contributed by atoms with Gasteiger partial charge in [0.2, 0.25) is 5.91 Å². The topological polar surface area (TPSA) is 64.9 Å². The molecule has 0 bridgehead atoms. The van der Waals surface area contributed by atoms with E-state index in [1.54, 1.807) is 18.2 Å². The van der Waals surface area contributed by atoms with E-state index in [4.69, 9.17) is 0 Å². The Morgan fingerprint density at radius 1 is 1.07 bits per heavy atom. The molecule has 1 amide bonds. The molecular weight excluding hydrogens is 334 g/mol. The fourth-order valence-corrected chi connectivity index (χ4v) is 3.13. The molecule has 4 nitrogen and oxygen atoms in total. The molecule has 0 radical (unpaired) electrons. The highest BCUT2D eigenvalue weighted by Gasteiger charge is 2.22. The number of benzene rings is 2. The number of nitrogens with zero attached hydrogens (tertiary/aromatic N) is 1. The summed E-state index contributed by atoms with van der Waals surface area (Å²) in [7, 11) is 0. The van der Waals surface area contributed by atoms with Gasteiger partial charge in [0.25, 0.3) is 0 Å². The maximum atomic E-state index is 12.6. The summed E-state index contributed by atoms with van der Waals surface area (Å²) in [6.07, 6.45) is 2.21. The Morgan fingerprint density at radius 2 is 1.74 bits per heavy atom. The highest BCUT2D eigenvalue weighted by molar-refractivity contribution is 5.95. The molecule has 0 aliphatic heterocycles. The van der Waals surface area contributed by atoms with Crippen LogP contribution < -0.4 is 10.6 Å². The molecular formula is C23H29N3O. The van der Waals surface area contributed by atoms with Crippen LogP contribution in [-0.2, 0) is 11.2 Å². The Morgan fingerprint density at radius 3 is 2.33 bits per heavy atom. The van der Waals surface area contributed by atoms with Crippen LogP contribution in [-0.4, -0.2) is 11.9 Å². The lowest BCUT2D eigenvalue weighted by Gasteiger charge is -2.27. The van der Waals surface area contributed by atoms with Crippen molar-refractivity contribution < 1.29 is 4.79 Å². The monoisotopic (exact) mass is 363 g/mol. The average Bonchev–Trinajstić information content (AvgIpc) is 2.67. The van der Waals surface area contributed by atoms with E-state index in [0.717, 1.165) is 12.8 Å². The van der Waals surface area contributed by atoms with Crippen LogP contribution in [0.25, 0.3) is 0 Å². The van der Waals surface area contributed by atoms with Crippen molar-refractivity contribution in [3.63, 3.8) is 0 Å². The summed E-state index contributed by atoms with van der Waals surface area (Å²) < 4.78 is 0. The largest absolute Gasteiger partial charge is 0.324 e. The second-order valence-electron chi connectivity index (χ2n) is 7.25. The molecule has 0 saturated heterocycles. The standard InChI is InChI=1S/C23H29N3O/c1-5-8-18-11-13-19(14-12-18)22(16(2)3)25-17(4)23(27)26-21-10-7-6-9-20(21)15-24/h6-7,9-14,16-17,22,25H,5,8H2,1-4H3,(H,26,27)/t17-,22+/m0/s1. The molecule has 0 saturated carbocycles. The molecule has 0 spiro atoms. The second-order valence-corrected chi connectivity index (χ2v) is 7.25. The van der Waals surface area contributed by atoms with Gasteiger partial charge in [-0.05, 0) is 42.5 Å². The van der Waals surface area contributed by atoms with Crippen molar-refractivity contribution in [2.24, 2.45) is 5.92 Å². The molecule has 2 aromatic rings. The first-order chi connectivity index (χ1) is 13.0. The molecule has 2 aromatic carbocycles. The normalized spacial score (nSPS) is 13.0. The molecule has 0 aliphatic rings.